The van der Waals surface area contributed by atoms with Crippen molar-refractivity contribution in [1.82, 2.24) is 4.57 Å². The van der Waals surface area contributed by atoms with Gasteiger partial charge in [0.2, 0.25) is 0 Å². The smallest absolute Gasteiger partial charge is 0.263 e. The van der Waals surface area contributed by atoms with Crippen LogP contribution in [0.15, 0.2) is 29.2 Å². The summed E-state index contributed by atoms with van der Waals surface area (Å²) in [6, 6.07) is 8.21. The summed E-state index contributed by atoms with van der Waals surface area (Å²) in [5, 5.41) is 12.7. The molecule has 0 saturated carbocycles. The maximum Gasteiger partial charge on any atom is 0.263 e. The number of ether oxygens (including phenoxy) is 2. The summed E-state index contributed by atoms with van der Waals surface area (Å²) in [4.78, 5) is 12.9. The van der Waals surface area contributed by atoms with Crippen molar-refractivity contribution in [1.29, 1.82) is 5.26 Å². The highest BCUT2D eigenvalue weighted by Crippen LogP contribution is 2.34. The second-order valence-electron chi connectivity index (χ2n) is 8.29. The Balaban J connectivity index is 1.50. The lowest BCUT2D eigenvalue weighted by Gasteiger charge is -2.20. The van der Waals surface area contributed by atoms with Crippen LogP contribution in [0.5, 0.6) is 5.75 Å². The number of hydrogen-bond acceptors (Lipinski definition) is 6. The number of hydrogen-bond donors (Lipinski definition) is 1. The number of carbonyl (C=O) groups excluding carboxylic acids is 1. The van der Waals surface area contributed by atoms with Crippen LogP contribution in [0, 0.1) is 11.3 Å². The van der Waals surface area contributed by atoms with E-state index in [9.17, 15) is 18.5 Å². The molecule has 1 amide bonds. The van der Waals surface area contributed by atoms with Gasteiger partial charge in [-0.1, -0.05) is 0 Å². The number of amides is 1. The van der Waals surface area contributed by atoms with Gasteiger partial charge >= 0.3 is 0 Å². The maximum absolute atomic E-state index is 12.7. The molecule has 2 aromatic rings. The number of benzene rings is 1. The van der Waals surface area contributed by atoms with Gasteiger partial charge in [0, 0.05) is 18.6 Å². The second-order valence-corrected chi connectivity index (χ2v) is 10.3. The van der Waals surface area contributed by atoms with Crippen molar-refractivity contribution in [2.24, 2.45) is 0 Å². The average molecular weight is 458 g/mol. The first kappa shape index (κ1) is 22.4. The third-order valence-electron chi connectivity index (χ3n) is 5.97. The van der Waals surface area contributed by atoms with E-state index in [1.807, 2.05) is 0 Å². The number of nitrogens with one attached hydrogen (secondary N) is 1. The quantitative estimate of drug-likeness (QED) is 0.685. The van der Waals surface area contributed by atoms with E-state index in [-0.39, 0.29) is 23.5 Å². The number of nitrogens with zero attached hydrogens (tertiary/aromatic N) is 2. The molecule has 170 valence electrons. The van der Waals surface area contributed by atoms with Crippen LogP contribution in [0.2, 0.25) is 0 Å². The summed E-state index contributed by atoms with van der Waals surface area (Å²) >= 11 is 0. The van der Waals surface area contributed by atoms with E-state index in [2.05, 4.69) is 16.0 Å². The van der Waals surface area contributed by atoms with Crippen LogP contribution in [0.25, 0.3) is 0 Å². The predicted octanol–water partition coefficient (Wildman–Crippen LogP) is 2.84. The van der Waals surface area contributed by atoms with E-state index in [0.29, 0.717) is 23.7 Å². The zero-order valence-corrected chi connectivity index (χ0v) is 18.9. The molecule has 1 unspecified atom stereocenters. The van der Waals surface area contributed by atoms with E-state index < -0.39 is 9.84 Å². The van der Waals surface area contributed by atoms with Crippen LogP contribution in [0.1, 0.15) is 42.5 Å². The fourth-order valence-electron chi connectivity index (χ4n) is 4.41. The summed E-state index contributed by atoms with van der Waals surface area (Å²) in [6.45, 7) is 1.11. The van der Waals surface area contributed by atoms with Gasteiger partial charge in [-0.2, -0.15) is 5.26 Å². The molecule has 0 radical (unpaired) electrons. The Morgan fingerprint density at radius 1 is 1.25 bits per heavy atom. The molecule has 1 aromatic carbocycles. The third kappa shape index (κ3) is 4.81. The fraction of sp³-hybridized carbons (Fsp3) is 0.478. The van der Waals surface area contributed by atoms with E-state index in [4.69, 9.17) is 9.47 Å². The van der Waals surface area contributed by atoms with Crippen LogP contribution in [0.4, 0.5) is 5.82 Å². The van der Waals surface area contributed by atoms with Gasteiger partial charge in [-0.05, 0) is 68.4 Å². The molecule has 1 saturated heterocycles. The van der Waals surface area contributed by atoms with Crippen molar-refractivity contribution in [3.63, 3.8) is 0 Å². The summed E-state index contributed by atoms with van der Waals surface area (Å²) in [5.41, 5.74) is 2.68. The first-order valence-electron chi connectivity index (χ1n) is 10.9. The largest absolute Gasteiger partial charge is 0.484 e. The van der Waals surface area contributed by atoms with Crippen LogP contribution < -0.4 is 10.1 Å². The molecule has 0 bridgehead atoms. The Kier molecular flexibility index (Phi) is 6.53. The SMILES string of the molecule is CS(=O)(=O)c1ccc(OCC(=O)Nc2c(C#N)c3c(n2CC2CCCO2)CCCC3)cc1. The minimum Gasteiger partial charge on any atom is -0.484 e. The first-order valence-corrected chi connectivity index (χ1v) is 12.7. The molecule has 9 heteroatoms. The Labute approximate surface area is 188 Å². The summed E-state index contributed by atoms with van der Waals surface area (Å²) in [7, 11) is -3.29. The molecule has 0 spiro atoms. The van der Waals surface area contributed by atoms with Crippen molar-refractivity contribution in [3.8, 4) is 11.8 Å². The molecule has 1 N–H and O–H groups in total. The lowest BCUT2D eigenvalue weighted by atomic mass is 9.95. The Hall–Kier alpha value is -2.83. The van der Waals surface area contributed by atoms with Crippen LogP contribution in [-0.4, -0.2) is 44.5 Å². The lowest BCUT2D eigenvalue weighted by molar-refractivity contribution is -0.118. The maximum atomic E-state index is 12.7. The molecule has 32 heavy (non-hydrogen) atoms. The molecule has 2 heterocycles. The number of nitriles is 1. The molecule has 8 nitrogen and oxygen atoms in total. The van der Waals surface area contributed by atoms with Gasteiger partial charge in [0.05, 0.1) is 23.1 Å². The van der Waals surface area contributed by atoms with Gasteiger partial charge in [-0.3, -0.25) is 4.79 Å². The summed E-state index contributed by atoms with van der Waals surface area (Å²) in [6.07, 6.45) is 7.02. The molecular formula is C23H27N3O5S. The second kappa shape index (κ2) is 9.35. The number of anilines is 1. The van der Waals surface area contributed by atoms with E-state index in [0.717, 1.165) is 62.6 Å². The Morgan fingerprint density at radius 2 is 2.00 bits per heavy atom. The molecule has 2 aliphatic rings. The fourth-order valence-corrected chi connectivity index (χ4v) is 5.04. The van der Waals surface area contributed by atoms with Gasteiger partial charge in [-0.25, -0.2) is 8.42 Å². The first-order chi connectivity index (χ1) is 15.4. The van der Waals surface area contributed by atoms with Crippen LogP contribution >= 0.6 is 0 Å². The lowest BCUT2D eigenvalue weighted by Crippen LogP contribution is -2.25. The highest BCUT2D eigenvalue weighted by molar-refractivity contribution is 7.90. The van der Waals surface area contributed by atoms with Gasteiger partial charge in [0.1, 0.15) is 17.6 Å². The van der Waals surface area contributed by atoms with Crippen molar-refractivity contribution in [3.05, 3.63) is 41.1 Å². The Morgan fingerprint density at radius 3 is 2.66 bits per heavy atom. The van der Waals surface area contributed by atoms with Crippen molar-refractivity contribution < 1.29 is 22.7 Å². The van der Waals surface area contributed by atoms with Gasteiger partial charge in [0.25, 0.3) is 5.91 Å². The van der Waals surface area contributed by atoms with Gasteiger partial charge < -0.3 is 19.4 Å². The molecule has 1 aliphatic carbocycles. The monoisotopic (exact) mass is 457 g/mol. The topological polar surface area (TPSA) is 110 Å². The number of sulfone groups is 1. The molecule has 1 fully saturated rings. The summed E-state index contributed by atoms with van der Waals surface area (Å²) in [5.74, 6) is 0.537. The number of aromatic nitrogens is 1. The average Bonchev–Trinajstić information content (AvgIpc) is 3.39. The predicted molar refractivity (Wildman–Crippen MR) is 118 cm³/mol. The van der Waals surface area contributed by atoms with Crippen LogP contribution in [-0.2, 0) is 38.8 Å². The molecule has 1 atom stereocenters. The highest BCUT2D eigenvalue weighted by Gasteiger charge is 2.28. The van der Waals surface area contributed by atoms with Crippen molar-refractivity contribution in [2.45, 2.75) is 56.1 Å². The number of fused-ring (bicyclic) bond motifs is 1. The van der Waals surface area contributed by atoms with Gasteiger partial charge in [-0.15, -0.1) is 0 Å². The van der Waals surface area contributed by atoms with Crippen molar-refractivity contribution in [2.75, 3.05) is 24.8 Å². The summed E-state index contributed by atoms with van der Waals surface area (Å²) < 4.78 is 36.5. The highest BCUT2D eigenvalue weighted by atomic mass is 32.2. The van der Waals surface area contributed by atoms with E-state index >= 15 is 0 Å². The molecular weight excluding hydrogens is 430 g/mol. The number of carbonyl (C=O) groups is 1. The zero-order chi connectivity index (χ0) is 22.7. The zero-order valence-electron chi connectivity index (χ0n) is 18.1. The van der Waals surface area contributed by atoms with E-state index in [1.165, 1.54) is 24.3 Å². The molecule has 1 aromatic heterocycles. The van der Waals surface area contributed by atoms with Crippen LogP contribution in [0.3, 0.4) is 0 Å². The minimum absolute atomic E-state index is 0.0835. The molecule has 1 aliphatic heterocycles. The van der Waals surface area contributed by atoms with E-state index in [1.54, 1.807) is 0 Å². The number of rotatable bonds is 7. The minimum atomic E-state index is -3.29. The Bertz CT molecular complexity index is 1140. The molecule has 4 rings (SSSR count). The van der Waals surface area contributed by atoms with Crippen molar-refractivity contribution >= 4 is 21.6 Å². The standard InChI is InChI=1S/C23H27N3O5S/c1-32(28,29)18-10-8-16(9-11-18)31-15-22(27)25-23-20(13-24)19-6-2-3-7-21(19)26(23)14-17-5-4-12-30-17/h8-11,17H,2-7,12,14-15H2,1H3,(H,25,27). The third-order valence-corrected chi connectivity index (χ3v) is 7.10. The normalized spacial score (nSPS) is 18.1. The van der Waals surface area contributed by atoms with Gasteiger partial charge in [0.15, 0.2) is 16.4 Å².